The van der Waals surface area contributed by atoms with E-state index < -0.39 is 11.6 Å². The lowest BCUT2D eigenvalue weighted by Crippen LogP contribution is -2.47. The molecular formula is C23H26N4O3. The summed E-state index contributed by atoms with van der Waals surface area (Å²) >= 11 is 0. The highest BCUT2D eigenvalue weighted by atomic mass is 16.2. The van der Waals surface area contributed by atoms with Crippen molar-refractivity contribution >= 4 is 23.5 Å². The van der Waals surface area contributed by atoms with Gasteiger partial charge in [-0.15, -0.1) is 0 Å². The Labute approximate surface area is 176 Å². The molecule has 0 radical (unpaired) electrons. The van der Waals surface area contributed by atoms with Crippen molar-refractivity contribution in [3.63, 3.8) is 0 Å². The molecule has 1 atom stereocenters. The van der Waals surface area contributed by atoms with E-state index >= 15 is 0 Å². The molecule has 1 spiro atoms. The summed E-state index contributed by atoms with van der Waals surface area (Å²) in [5, 5.41) is 5.67. The number of nitrogens with zero attached hydrogens (tertiary/aromatic N) is 2. The maximum Gasteiger partial charge on any atom is 0.325 e. The normalized spacial score (nSPS) is 20.1. The molecule has 7 nitrogen and oxygen atoms in total. The molecule has 4 rings (SSSR count). The Morgan fingerprint density at radius 2 is 1.87 bits per heavy atom. The molecule has 1 saturated heterocycles. The van der Waals surface area contributed by atoms with Crippen LogP contribution in [-0.4, -0.2) is 43.4 Å². The molecule has 156 valence electrons. The Bertz CT molecular complexity index is 986. The highest BCUT2D eigenvalue weighted by Gasteiger charge is 2.54. The molecule has 2 aliphatic rings. The second-order valence-corrected chi connectivity index (χ2v) is 8.08. The van der Waals surface area contributed by atoms with E-state index in [1.165, 1.54) is 0 Å². The van der Waals surface area contributed by atoms with E-state index in [0.29, 0.717) is 13.0 Å². The molecule has 0 bridgehead atoms. The van der Waals surface area contributed by atoms with Crippen LogP contribution in [0.1, 0.15) is 29.5 Å². The zero-order valence-electron chi connectivity index (χ0n) is 17.3. The van der Waals surface area contributed by atoms with Gasteiger partial charge in [-0.25, -0.2) is 4.79 Å². The molecule has 7 heteroatoms. The van der Waals surface area contributed by atoms with Crippen LogP contribution in [-0.2, 0) is 28.1 Å². The fraction of sp³-hybridized carbons (Fsp3) is 0.348. The van der Waals surface area contributed by atoms with Crippen molar-refractivity contribution < 1.29 is 14.4 Å². The summed E-state index contributed by atoms with van der Waals surface area (Å²) in [5.41, 5.74) is 2.89. The molecule has 30 heavy (non-hydrogen) atoms. The van der Waals surface area contributed by atoms with Gasteiger partial charge in [0.2, 0.25) is 5.91 Å². The number of hydrogen-bond donors (Lipinski definition) is 2. The lowest BCUT2D eigenvalue weighted by Gasteiger charge is -2.33. The van der Waals surface area contributed by atoms with Gasteiger partial charge in [-0.2, -0.15) is 0 Å². The quantitative estimate of drug-likeness (QED) is 0.746. The molecule has 0 aromatic heterocycles. The van der Waals surface area contributed by atoms with Gasteiger partial charge >= 0.3 is 6.03 Å². The van der Waals surface area contributed by atoms with Crippen LogP contribution in [0.5, 0.6) is 0 Å². The van der Waals surface area contributed by atoms with E-state index in [2.05, 4.69) is 10.6 Å². The lowest BCUT2D eigenvalue weighted by molar-refractivity contribution is -0.135. The van der Waals surface area contributed by atoms with Gasteiger partial charge in [-0.3, -0.25) is 14.5 Å². The molecule has 0 unspecified atom stereocenters. The van der Waals surface area contributed by atoms with Gasteiger partial charge in [0, 0.05) is 26.3 Å². The van der Waals surface area contributed by atoms with E-state index in [1.54, 1.807) is 0 Å². The van der Waals surface area contributed by atoms with Crippen molar-refractivity contribution in [1.29, 1.82) is 0 Å². The average Bonchev–Trinajstić information content (AvgIpc) is 2.97. The number of anilines is 1. The van der Waals surface area contributed by atoms with Crippen LogP contribution < -0.4 is 15.5 Å². The fourth-order valence-corrected chi connectivity index (χ4v) is 4.27. The summed E-state index contributed by atoms with van der Waals surface area (Å²) in [5.74, 6) is -0.707. The third-order valence-electron chi connectivity index (χ3n) is 5.89. The zero-order valence-corrected chi connectivity index (χ0v) is 17.3. The molecular weight excluding hydrogens is 380 g/mol. The molecule has 2 N–H and O–H groups in total. The van der Waals surface area contributed by atoms with Crippen LogP contribution in [0, 0.1) is 0 Å². The van der Waals surface area contributed by atoms with Crippen LogP contribution in [0.2, 0.25) is 0 Å². The topological polar surface area (TPSA) is 81.8 Å². The first-order valence-corrected chi connectivity index (χ1v) is 10.2. The first kappa shape index (κ1) is 19.9. The summed E-state index contributed by atoms with van der Waals surface area (Å²) in [4.78, 5) is 41.3. The Balaban J connectivity index is 1.42. The molecule has 4 amide bonds. The number of fused-ring (bicyclic) bond motifs is 2. The van der Waals surface area contributed by atoms with Gasteiger partial charge in [0.25, 0.3) is 5.91 Å². The van der Waals surface area contributed by atoms with E-state index in [4.69, 9.17) is 0 Å². The van der Waals surface area contributed by atoms with Gasteiger partial charge in [0.1, 0.15) is 12.1 Å². The number of imide groups is 1. The summed E-state index contributed by atoms with van der Waals surface area (Å²) in [6.45, 7) is 0.0501. The first-order valence-electron chi connectivity index (χ1n) is 10.2. The molecule has 1 fully saturated rings. The van der Waals surface area contributed by atoms with Gasteiger partial charge in [0.15, 0.2) is 0 Å². The summed E-state index contributed by atoms with van der Waals surface area (Å²) in [6.07, 6.45) is 2.24. The first-order chi connectivity index (χ1) is 14.4. The number of carbonyl (C=O) groups excluding carboxylic acids is 3. The van der Waals surface area contributed by atoms with Gasteiger partial charge in [-0.1, -0.05) is 36.4 Å². The Hall–Kier alpha value is -3.35. The largest absolute Gasteiger partial charge is 0.378 e. The van der Waals surface area contributed by atoms with Gasteiger partial charge in [0.05, 0.1) is 0 Å². The number of aryl methyl sites for hydroxylation is 1. The SMILES string of the molecule is CN(C)c1ccc(CNC(=O)CN2C(=O)N[C@@]3(CCCc4ccccc43)C2=O)cc1. The molecule has 0 saturated carbocycles. The molecule has 2 aromatic carbocycles. The average molecular weight is 406 g/mol. The van der Waals surface area contributed by atoms with E-state index in [1.807, 2.05) is 67.5 Å². The molecule has 1 aliphatic heterocycles. The second kappa shape index (κ2) is 7.82. The van der Waals surface area contributed by atoms with Crippen LogP contribution in [0.25, 0.3) is 0 Å². The molecule has 1 heterocycles. The number of hydrogen-bond acceptors (Lipinski definition) is 4. The number of rotatable bonds is 5. The lowest BCUT2D eigenvalue weighted by atomic mass is 9.76. The van der Waals surface area contributed by atoms with E-state index in [-0.39, 0.29) is 18.4 Å². The second-order valence-electron chi connectivity index (χ2n) is 8.08. The maximum absolute atomic E-state index is 13.2. The van der Waals surface area contributed by atoms with Crippen molar-refractivity contribution in [3.8, 4) is 0 Å². The molecule has 1 aliphatic carbocycles. The van der Waals surface area contributed by atoms with Gasteiger partial charge in [-0.05, 0) is 48.1 Å². The Morgan fingerprint density at radius 1 is 1.13 bits per heavy atom. The van der Waals surface area contributed by atoms with Crippen LogP contribution in [0.3, 0.4) is 0 Å². The Kier molecular flexibility index (Phi) is 5.20. The summed E-state index contributed by atoms with van der Waals surface area (Å²) < 4.78 is 0. The van der Waals surface area contributed by atoms with Crippen molar-refractivity contribution in [1.82, 2.24) is 15.5 Å². The smallest absolute Gasteiger partial charge is 0.325 e. The van der Waals surface area contributed by atoms with Crippen LogP contribution in [0.15, 0.2) is 48.5 Å². The van der Waals surface area contributed by atoms with Crippen molar-refractivity contribution in [3.05, 3.63) is 65.2 Å². The minimum Gasteiger partial charge on any atom is -0.378 e. The zero-order chi connectivity index (χ0) is 21.3. The predicted octanol–water partition coefficient (Wildman–Crippen LogP) is 2.15. The minimum absolute atomic E-state index is 0.287. The predicted molar refractivity (Wildman–Crippen MR) is 114 cm³/mol. The number of urea groups is 1. The third-order valence-corrected chi connectivity index (χ3v) is 5.89. The monoisotopic (exact) mass is 406 g/mol. The van der Waals surface area contributed by atoms with Crippen molar-refractivity contribution in [2.24, 2.45) is 0 Å². The highest BCUT2D eigenvalue weighted by molar-refractivity contribution is 6.09. The third kappa shape index (κ3) is 3.51. The van der Waals surface area contributed by atoms with Crippen molar-refractivity contribution in [2.45, 2.75) is 31.3 Å². The van der Waals surface area contributed by atoms with E-state index in [9.17, 15) is 14.4 Å². The van der Waals surface area contributed by atoms with Crippen molar-refractivity contribution in [2.75, 3.05) is 25.5 Å². The number of carbonyl (C=O) groups is 3. The Morgan fingerprint density at radius 3 is 2.60 bits per heavy atom. The summed E-state index contributed by atoms with van der Waals surface area (Å²) in [7, 11) is 3.93. The highest BCUT2D eigenvalue weighted by Crippen LogP contribution is 2.39. The maximum atomic E-state index is 13.2. The number of benzene rings is 2. The van der Waals surface area contributed by atoms with Gasteiger partial charge < -0.3 is 15.5 Å². The fourth-order valence-electron chi connectivity index (χ4n) is 4.27. The minimum atomic E-state index is -1.05. The van der Waals surface area contributed by atoms with Crippen LogP contribution in [0.4, 0.5) is 10.5 Å². The summed E-state index contributed by atoms with van der Waals surface area (Å²) in [6, 6.07) is 15.0. The number of nitrogens with one attached hydrogen (secondary N) is 2. The standard InChI is InChI=1S/C23H26N4O3/c1-26(2)18-11-9-16(10-12-18)14-24-20(28)15-27-21(29)23(25-22(27)30)13-5-7-17-6-3-4-8-19(17)23/h3-4,6,8-12H,5,7,13-15H2,1-2H3,(H,24,28)(H,25,30)/t23-/m1/s1. The molecule has 2 aromatic rings. The van der Waals surface area contributed by atoms with E-state index in [0.717, 1.165) is 40.1 Å². The van der Waals surface area contributed by atoms with Crippen LogP contribution >= 0.6 is 0 Å². The number of amides is 4.